The van der Waals surface area contributed by atoms with Crippen molar-refractivity contribution in [3.8, 4) is 0 Å². The number of piperidine rings is 1. The Morgan fingerprint density at radius 3 is 2.46 bits per heavy atom. The maximum Gasteiger partial charge on any atom is 0.191 e. The summed E-state index contributed by atoms with van der Waals surface area (Å²) in [5.74, 6) is 0.921. The van der Waals surface area contributed by atoms with Gasteiger partial charge in [0.2, 0.25) is 0 Å². The van der Waals surface area contributed by atoms with Crippen molar-refractivity contribution in [1.82, 2.24) is 15.5 Å². The van der Waals surface area contributed by atoms with Crippen molar-refractivity contribution in [1.29, 1.82) is 0 Å². The zero-order valence-corrected chi connectivity index (χ0v) is 17.0. The first-order valence-electron chi connectivity index (χ1n) is 9.76. The topological polar surface area (TPSA) is 39.7 Å². The summed E-state index contributed by atoms with van der Waals surface area (Å²) in [6.07, 6.45) is 3.36. The van der Waals surface area contributed by atoms with E-state index in [4.69, 9.17) is 0 Å². The number of likely N-dealkylation sites (tertiary alicyclic amines) is 1. The lowest BCUT2D eigenvalue weighted by Crippen LogP contribution is -2.50. The van der Waals surface area contributed by atoms with Crippen LogP contribution in [0.1, 0.15) is 39.2 Å². The number of aliphatic imine (C=N–C) groups is 1. The highest BCUT2D eigenvalue weighted by molar-refractivity contribution is 5.80. The van der Waals surface area contributed by atoms with Crippen LogP contribution in [0.15, 0.2) is 47.5 Å². The highest BCUT2D eigenvalue weighted by Gasteiger charge is 2.22. The molecule has 2 N–H and O–H groups in total. The SMILES string of the molecule is C=C(C)CN1CCC(NC(=NC)NCC(C)(C)Cc2ccccc2)CC1. The standard InChI is InChI=1S/C22H36N4/c1-18(2)16-26-13-11-20(12-14-26)25-21(23-5)24-17-22(3,4)15-19-9-7-6-8-10-19/h6-10,20H,1,11-17H2,2-5H3,(H2,23,24,25). The van der Waals surface area contributed by atoms with Gasteiger partial charge in [0.05, 0.1) is 0 Å². The van der Waals surface area contributed by atoms with Crippen LogP contribution >= 0.6 is 0 Å². The summed E-state index contributed by atoms with van der Waals surface area (Å²) >= 11 is 0. The van der Waals surface area contributed by atoms with E-state index in [2.05, 4.69) is 78.2 Å². The summed E-state index contributed by atoms with van der Waals surface area (Å²) < 4.78 is 0. The zero-order chi connectivity index (χ0) is 19.0. The van der Waals surface area contributed by atoms with Crippen molar-refractivity contribution >= 4 is 5.96 Å². The van der Waals surface area contributed by atoms with Crippen molar-refractivity contribution in [2.24, 2.45) is 10.4 Å². The molecule has 1 heterocycles. The number of hydrogen-bond donors (Lipinski definition) is 2. The van der Waals surface area contributed by atoms with Gasteiger partial charge in [-0.25, -0.2) is 0 Å². The quantitative estimate of drug-likeness (QED) is 0.446. The third kappa shape index (κ3) is 7.20. The summed E-state index contributed by atoms with van der Waals surface area (Å²) in [4.78, 5) is 6.91. The summed E-state index contributed by atoms with van der Waals surface area (Å²) in [6.45, 7) is 14.9. The minimum atomic E-state index is 0.170. The molecule has 0 saturated carbocycles. The molecule has 0 atom stereocenters. The van der Waals surface area contributed by atoms with Crippen LogP contribution in [-0.4, -0.2) is 50.1 Å². The monoisotopic (exact) mass is 356 g/mol. The second kappa shape index (κ2) is 9.77. The van der Waals surface area contributed by atoms with Gasteiger partial charge in [-0.15, -0.1) is 0 Å². The fraction of sp³-hybridized carbons (Fsp3) is 0.591. The van der Waals surface area contributed by atoms with Gasteiger partial charge in [0.25, 0.3) is 0 Å². The van der Waals surface area contributed by atoms with Crippen LogP contribution in [0.3, 0.4) is 0 Å². The molecule has 0 aromatic heterocycles. The molecule has 1 aliphatic heterocycles. The highest BCUT2D eigenvalue weighted by atomic mass is 15.2. The molecule has 1 aromatic rings. The van der Waals surface area contributed by atoms with Crippen molar-refractivity contribution < 1.29 is 0 Å². The fourth-order valence-corrected chi connectivity index (χ4v) is 3.54. The summed E-state index contributed by atoms with van der Waals surface area (Å²) in [5, 5.41) is 7.14. The average molecular weight is 357 g/mol. The molecular weight excluding hydrogens is 320 g/mol. The van der Waals surface area contributed by atoms with Gasteiger partial charge in [0.1, 0.15) is 0 Å². The summed E-state index contributed by atoms with van der Waals surface area (Å²) in [6, 6.07) is 11.2. The lowest BCUT2D eigenvalue weighted by molar-refractivity contribution is 0.220. The first-order chi connectivity index (χ1) is 12.4. The van der Waals surface area contributed by atoms with E-state index >= 15 is 0 Å². The maximum absolute atomic E-state index is 4.43. The van der Waals surface area contributed by atoms with Gasteiger partial charge in [-0.05, 0) is 37.2 Å². The molecular formula is C22H36N4. The van der Waals surface area contributed by atoms with Crippen LogP contribution in [0, 0.1) is 5.41 Å². The van der Waals surface area contributed by atoms with Gasteiger partial charge in [-0.2, -0.15) is 0 Å². The van der Waals surface area contributed by atoms with Gasteiger partial charge in [0.15, 0.2) is 5.96 Å². The van der Waals surface area contributed by atoms with Gasteiger partial charge in [-0.1, -0.05) is 56.3 Å². The van der Waals surface area contributed by atoms with Crippen molar-refractivity contribution in [2.75, 3.05) is 33.2 Å². The Hall–Kier alpha value is -1.81. The molecule has 1 aromatic carbocycles. The Kier molecular flexibility index (Phi) is 7.70. The molecule has 0 spiro atoms. The van der Waals surface area contributed by atoms with E-state index in [0.717, 1.165) is 51.4 Å². The molecule has 2 rings (SSSR count). The minimum absolute atomic E-state index is 0.170. The van der Waals surface area contributed by atoms with E-state index in [0.29, 0.717) is 6.04 Å². The van der Waals surface area contributed by atoms with E-state index in [9.17, 15) is 0 Å². The average Bonchev–Trinajstić information content (AvgIpc) is 2.60. The Labute approximate surface area is 159 Å². The van der Waals surface area contributed by atoms with Crippen molar-refractivity contribution in [3.63, 3.8) is 0 Å². The highest BCUT2D eigenvalue weighted by Crippen LogP contribution is 2.20. The number of benzene rings is 1. The van der Waals surface area contributed by atoms with Gasteiger partial charge >= 0.3 is 0 Å². The Morgan fingerprint density at radius 2 is 1.88 bits per heavy atom. The number of nitrogens with one attached hydrogen (secondary N) is 2. The predicted octanol–water partition coefficient (Wildman–Crippen LogP) is 3.46. The van der Waals surface area contributed by atoms with E-state index in [1.54, 1.807) is 0 Å². The van der Waals surface area contributed by atoms with E-state index in [1.165, 1.54) is 11.1 Å². The van der Waals surface area contributed by atoms with Gasteiger partial charge < -0.3 is 10.6 Å². The number of nitrogens with zero attached hydrogens (tertiary/aromatic N) is 2. The molecule has 4 heteroatoms. The normalized spacial score (nSPS) is 17.2. The van der Waals surface area contributed by atoms with Crippen LogP contribution in [0.4, 0.5) is 0 Å². The first-order valence-corrected chi connectivity index (χ1v) is 9.76. The van der Waals surface area contributed by atoms with Crippen molar-refractivity contribution in [2.45, 2.75) is 46.1 Å². The van der Waals surface area contributed by atoms with E-state index in [-0.39, 0.29) is 5.41 Å². The Balaban J connectivity index is 1.76. The third-order valence-corrected chi connectivity index (χ3v) is 4.91. The second-order valence-corrected chi connectivity index (χ2v) is 8.40. The molecule has 0 bridgehead atoms. The molecule has 0 aliphatic carbocycles. The molecule has 0 amide bonds. The molecule has 144 valence electrons. The van der Waals surface area contributed by atoms with Crippen LogP contribution < -0.4 is 10.6 Å². The van der Waals surface area contributed by atoms with Crippen LogP contribution in [-0.2, 0) is 6.42 Å². The molecule has 4 nitrogen and oxygen atoms in total. The van der Waals surface area contributed by atoms with Crippen LogP contribution in [0.5, 0.6) is 0 Å². The molecule has 1 fully saturated rings. The molecule has 0 radical (unpaired) electrons. The molecule has 1 saturated heterocycles. The summed E-state index contributed by atoms with van der Waals surface area (Å²) in [7, 11) is 1.86. The summed E-state index contributed by atoms with van der Waals surface area (Å²) in [5.41, 5.74) is 2.80. The number of guanidine groups is 1. The minimum Gasteiger partial charge on any atom is -0.356 e. The molecule has 0 unspecified atom stereocenters. The lowest BCUT2D eigenvalue weighted by Gasteiger charge is -2.33. The van der Waals surface area contributed by atoms with Crippen molar-refractivity contribution in [3.05, 3.63) is 48.0 Å². The first kappa shape index (κ1) is 20.5. The maximum atomic E-state index is 4.43. The predicted molar refractivity (Wildman–Crippen MR) is 113 cm³/mol. The zero-order valence-electron chi connectivity index (χ0n) is 17.0. The molecule has 1 aliphatic rings. The smallest absolute Gasteiger partial charge is 0.191 e. The second-order valence-electron chi connectivity index (χ2n) is 8.40. The van der Waals surface area contributed by atoms with Gasteiger partial charge in [-0.3, -0.25) is 9.89 Å². The number of rotatable bonds is 7. The third-order valence-electron chi connectivity index (χ3n) is 4.91. The fourth-order valence-electron chi connectivity index (χ4n) is 3.54. The molecule has 26 heavy (non-hydrogen) atoms. The lowest BCUT2D eigenvalue weighted by atomic mass is 9.86. The van der Waals surface area contributed by atoms with Crippen LogP contribution in [0.2, 0.25) is 0 Å². The van der Waals surface area contributed by atoms with E-state index in [1.807, 2.05) is 7.05 Å². The Bertz CT molecular complexity index is 583. The number of hydrogen-bond acceptors (Lipinski definition) is 2. The van der Waals surface area contributed by atoms with Crippen LogP contribution in [0.25, 0.3) is 0 Å². The van der Waals surface area contributed by atoms with Gasteiger partial charge in [0, 0.05) is 39.3 Å². The Morgan fingerprint density at radius 1 is 1.23 bits per heavy atom. The van der Waals surface area contributed by atoms with E-state index < -0.39 is 0 Å². The largest absolute Gasteiger partial charge is 0.356 e.